The highest BCUT2D eigenvalue weighted by molar-refractivity contribution is 7.09. The second kappa shape index (κ2) is 6.81. The molecule has 1 aromatic rings. The van der Waals surface area contributed by atoms with Crippen molar-refractivity contribution >= 4 is 23.2 Å². The van der Waals surface area contributed by atoms with E-state index in [4.69, 9.17) is 5.11 Å². The molecule has 1 heterocycles. The Balaban J connectivity index is 2.61. The third-order valence-electron chi connectivity index (χ3n) is 3.24. The molecular weight excluding hydrogens is 278 g/mol. The molecular formula is C13H21N3O3S. The van der Waals surface area contributed by atoms with E-state index in [2.05, 4.69) is 10.3 Å². The van der Waals surface area contributed by atoms with Gasteiger partial charge >= 0.3 is 5.97 Å². The number of carboxylic acid groups (broad SMARTS) is 1. The molecule has 1 amide bonds. The Morgan fingerprint density at radius 2 is 2.15 bits per heavy atom. The first-order chi connectivity index (χ1) is 9.28. The Bertz CT molecular complexity index is 487. The molecule has 20 heavy (non-hydrogen) atoms. The van der Waals surface area contributed by atoms with Crippen LogP contribution in [0, 0.1) is 0 Å². The van der Waals surface area contributed by atoms with Gasteiger partial charge in [0.25, 0.3) is 0 Å². The topological polar surface area (TPSA) is 82.5 Å². The maximum absolute atomic E-state index is 11.6. The van der Waals surface area contributed by atoms with Crippen LogP contribution in [0.15, 0.2) is 5.38 Å². The number of hydrogen-bond acceptors (Lipinski definition) is 5. The van der Waals surface area contributed by atoms with E-state index < -0.39 is 11.5 Å². The molecule has 0 saturated carbocycles. The van der Waals surface area contributed by atoms with Gasteiger partial charge in [0.1, 0.15) is 10.5 Å². The Hall–Kier alpha value is -1.47. The zero-order chi connectivity index (χ0) is 15.3. The number of aliphatic carboxylic acids is 1. The minimum absolute atomic E-state index is 0.00258. The van der Waals surface area contributed by atoms with E-state index in [-0.39, 0.29) is 12.3 Å². The lowest BCUT2D eigenvalue weighted by Crippen LogP contribution is -2.48. The molecule has 0 aliphatic rings. The highest BCUT2D eigenvalue weighted by atomic mass is 32.1. The van der Waals surface area contributed by atoms with Crippen molar-refractivity contribution in [3.8, 4) is 0 Å². The molecule has 6 nitrogen and oxygen atoms in total. The van der Waals surface area contributed by atoms with E-state index >= 15 is 0 Å². The van der Waals surface area contributed by atoms with Gasteiger partial charge in [-0.25, -0.2) is 4.98 Å². The number of nitrogens with zero attached hydrogens (tertiary/aromatic N) is 2. The number of carboxylic acids is 1. The van der Waals surface area contributed by atoms with Crippen LogP contribution in [0.2, 0.25) is 0 Å². The Labute approximate surface area is 122 Å². The van der Waals surface area contributed by atoms with Gasteiger partial charge < -0.3 is 10.0 Å². The van der Waals surface area contributed by atoms with Gasteiger partial charge in [-0.15, -0.1) is 11.3 Å². The van der Waals surface area contributed by atoms with Gasteiger partial charge in [0.2, 0.25) is 5.91 Å². The van der Waals surface area contributed by atoms with Crippen LogP contribution >= 0.6 is 11.3 Å². The smallest absolute Gasteiger partial charge is 0.323 e. The molecule has 0 bridgehead atoms. The Morgan fingerprint density at radius 3 is 2.65 bits per heavy atom. The van der Waals surface area contributed by atoms with Crippen molar-refractivity contribution in [3.63, 3.8) is 0 Å². The summed E-state index contributed by atoms with van der Waals surface area (Å²) >= 11 is 1.42. The minimum Gasteiger partial charge on any atom is -0.480 e. The molecule has 2 N–H and O–H groups in total. The minimum atomic E-state index is -0.955. The third-order valence-corrected chi connectivity index (χ3v) is 4.14. The summed E-state index contributed by atoms with van der Waals surface area (Å²) in [5, 5.41) is 14.8. The number of carbonyl (C=O) groups excluding carboxylic acids is 1. The molecule has 0 aliphatic carbocycles. The summed E-state index contributed by atoms with van der Waals surface area (Å²) in [6.07, 6.45) is 0.764. The predicted molar refractivity (Wildman–Crippen MR) is 77.7 cm³/mol. The van der Waals surface area contributed by atoms with Crippen LogP contribution in [0.4, 0.5) is 0 Å². The van der Waals surface area contributed by atoms with E-state index in [1.54, 1.807) is 21.0 Å². The van der Waals surface area contributed by atoms with E-state index in [0.717, 1.165) is 10.7 Å². The van der Waals surface area contributed by atoms with Crippen molar-refractivity contribution in [1.82, 2.24) is 15.2 Å². The lowest BCUT2D eigenvalue weighted by Gasteiger charge is -2.24. The van der Waals surface area contributed by atoms with Crippen LogP contribution < -0.4 is 5.32 Å². The molecule has 0 fully saturated rings. The lowest BCUT2D eigenvalue weighted by molar-refractivity contribution is -0.144. The van der Waals surface area contributed by atoms with Crippen molar-refractivity contribution in [2.75, 3.05) is 14.1 Å². The van der Waals surface area contributed by atoms with Crippen LogP contribution in [-0.2, 0) is 22.6 Å². The van der Waals surface area contributed by atoms with Crippen LogP contribution in [0.5, 0.6) is 0 Å². The van der Waals surface area contributed by atoms with Crippen molar-refractivity contribution in [2.24, 2.45) is 0 Å². The SMILES string of the molecule is CCC(C)(NCc1csc(CC(=O)N(C)C)n1)C(=O)O. The number of thiazole rings is 1. The molecule has 1 unspecified atom stereocenters. The fourth-order valence-corrected chi connectivity index (χ4v) is 2.22. The molecule has 1 aromatic heterocycles. The van der Waals surface area contributed by atoms with Crippen molar-refractivity contribution in [3.05, 3.63) is 16.1 Å². The monoisotopic (exact) mass is 299 g/mol. The summed E-state index contributed by atoms with van der Waals surface area (Å²) in [6, 6.07) is 0. The number of aromatic nitrogens is 1. The van der Waals surface area contributed by atoms with Gasteiger partial charge in [-0.2, -0.15) is 0 Å². The Morgan fingerprint density at radius 1 is 1.50 bits per heavy atom. The highest BCUT2D eigenvalue weighted by Crippen LogP contribution is 2.14. The lowest BCUT2D eigenvalue weighted by atomic mass is 9.99. The van der Waals surface area contributed by atoms with Gasteiger partial charge in [0.15, 0.2) is 0 Å². The predicted octanol–water partition coefficient (Wildman–Crippen LogP) is 1.12. The molecule has 0 radical (unpaired) electrons. The van der Waals surface area contributed by atoms with Crippen LogP contribution in [0.25, 0.3) is 0 Å². The maximum atomic E-state index is 11.6. The zero-order valence-corrected chi connectivity index (χ0v) is 13.1. The number of nitrogens with one attached hydrogen (secondary N) is 1. The molecule has 1 rings (SSSR count). The van der Waals surface area contributed by atoms with Crippen molar-refractivity contribution in [2.45, 2.75) is 38.8 Å². The van der Waals surface area contributed by atoms with E-state index in [9.17, 15) is 9.59 Å². The number of hydrogen-bond donors (Lipinski definition) is 2. The van der Waals surface area contributed by atoms with Gasteiger partial charge in [0.05, 0.1) is 12.1 Å². The van der Waals surface area contributed by atoms with E-state index in [0.29, 0.717) is 13.0 Å². The summed E-state index contributed by atoms with van der Waals surface area (Å²) in [4.78, 5) is 28.6. The van der Waals surface area contributed by atoms with Crippen LogP contribution in [-0.4, -0.2) is 46.5 Å². The number of likely N-dealkylation sites (N-methyl/N-ethyl adjacent to an activating group) is 1. The number of amides is 1. The summed E-state index contributed by atoms with van der Waals surface area (Å²) < 4.78 is 0. The van der Waals surface area contributed by atoms with Crippen molar-refractivity contribution in [1.29, 1.82) is 0 Å². The second-order valence-corrected chi connectivity index (χ2v) is 5.98. The van der Waals surface area contributed by atoms with Gasteiger partial charge in [0, 0.05) is 26.0 Å². The normalized spacial score (nSPS) is 13.8. The Kier molecular flexibility index (Phi) is 5.64. The number of carbonyl (C=O) groups is 2. The molecule has 1 atom stereocenters. The summed E-state index contributed by atoms with van der Waals surface area (Å²) in [5.41, 5.74) is -0.194. The fourth-order valence-electron chi connectivity index (χ4n) is 1.44. The average Bonchev–Trinajstić information content (AvgIpc) is 2.83. The highest BCUT2D eigenvalue weighted by Gasteiger charge is 2.30. The number of rotatable bonds is 7. The van der Waals surface area contributed by atoms with E-state index in [1.165, 1.54) is 16.2 Å². The summed E-state index contributed by atoms with van der Waals surface area (Å²) in [6.45, 7) is 3.85. The van der Waals surface area contributed by atoms with Crippen LogP contribution in [0.3, 0.4) is 0 Å². The van der Waals surface area contributed by atoms with E-state index in [1.807, 2.05) is 12.3 Å². The third kappa shape index (κ3) is 4.28. The summed E-state index contributed by atoms with van der Waals surface area (Å²) in [7, 11) is 3.41. The standard InChI is InChI=1S/C13H21N3O3S/c1-5-13(2,12(18)19)14-7-9-8-20-10(15-9)6-11(17)16(3)4/h8,14H,5-7H2,1-4H3,(H,18,19). The largest absolute Gasteiger partial charge is 0.480 e. The van der Waals surface area contributed by atoms with Gasteiger partial charge in [-0.3, -0.25) is 14.9 Å². The molecule has 0 aliphatic heterocycles. The first-order valence-electron chi connectivity index (χ1n) is 6.40. The molecule has 112 valence electrons. The molecule has 0 spiro atoms. The molecule has 0 saturated heterocycles. The van der Waals surface area contributed by atoms with Gasteiger partial charge in [-0.1, -0.05) is 6.92 Å². The first-order valence-corrected chi connectivity index (χ1v) is 7.28. The quantitative estimate of drug-likeness (QED) is 0.788. The molecule has 0 aromatic carbocycles. The maximum Gasteiger partial charge on any atom is 0.323 e. The second-order valence-electron chi connectivity index (χ2n) is 5.04. The van der Waals surface area contributed by atoms with Gasteiger partial charge in [-0.05, 0) is 13.3 Å². The summed E-state index contributed by atoms with van der Waals surface area (Å²) in [5.74, 6) is -0.874. The first kappa shape index (κ1) is 16.6. The zero-order valence-electron chi connectivity index (χ0n) is 12.3. The van der Waals surface area contributed by atoms with Crippen molar-refractivity contribution < 1.29 is 14.7 Å². The molecule has 7 heteroatoms. The van der Waals surface area contributed by atoms with Crippen LogP contribution in [0.1, 0.15) is 31.0 Å². The average molecular weight is 299 g/mol. The fraction of sp³-hybridized carbons (Fsp3) is 0.615.